The minimum atomic E-state index is -0.0302. The number of halogens is 1. The zero-order valence-electron chi connectivity index (χ0n) is 13.1. The molecule has 0 atom stereocenters. The first-order chi connectivity index (χ1) is 11.1. The Bertz CT molecular complexity index is 568. The highest BCUT2D eigenvalue weighted by atomic mass is 35.5. The number of aryl methyl sites for hydroxylation is 1. The highest BCUT2D eigenvalue weighted by molar-refractivity contribution is 8.13. The summed E-state index contributed by atoms with van der Waals surface area (Å²) in [5, 5.41) is 3.61. The molecule has 1 fully saturated rings. The molecule has 0 aliphatic carbocycles. The van der Waals surface area contributed by atoms with Gasteiger partial charge in [0.2, 0.25) is 5.91 Å². The Morgan fingerprint density at radius 2 is 2.30 bits per heavy atom. The van der Waals surface area contributed by atoms with Crippen molar-refractivity contribution < 1.29 is 14.3 Å². The number of amides is 2. The molecule has 0 spiro atoms. The number of carbonyl (C=O) groups excluding carboxylic acids is 2. The van der Waals surface area contributed by atoms with Gasteiger partial charge in [-0.3, -0.25) is 9.59 Å². The molecule has 1 aliphatic heterocycles. The van der Waals surface area contributed by atoms with E-state index >= 15 is 0 Å². The predicted octanol–water partition coefficient (Wildman–Crippen LogP) is 3.09. The molecule has 1 aromatic rings. The monoisotopic (exact) mass is 356 g/mol. The Morgan fingerprint density at radius 3 is 3.00 bits per heavy atom. The Hall–Kier alpha value is -1.40. The van der Waals surface area contributed by atoms with E-state index in [1.165, 1.54) is 11.8 Å². The molecule has 0 aromatic heterocycles. The first-order valence-electron chi connectivity index (χ1n) is 7.63. The minimum Gasteiger partial charge on any atom is -0.493 e. The Balaban J connectivity index is 1.56. The third-order valence-electron chi connectivity index (χ3n) is 3.49. The van der Waals surface area contributed by atoms with Crippen molar-refractivity contribution in [2.45, 2.75) is 19.8 Å². The Labute approximate surface area is 145 Å². The zero-order chi connectivity index (χ0) is 16.7. The van der Waals surface area contributed by atoms with Gasteiger partial charge in [0.1, 0.15) is 5.75 Å². The molecule has 1 aliphatic rings. The van der Waals surface area contributed by atoms with Crippen molar-refractivity contribution in [3.05, 3.63) is 28.8 Å². The minimum absolute atomic E-state index is 0.0302. The third kappa shape index (κ3) is 5.95. The highest BCUT2D eigenvalue weighted by Gasteiger charge is 2.21. The highest BCUT2D eigenvalue weighted by Crippen LogP contribution is 2.21. The van der Waals surface area contributed by atoms with Crippen LogP contribution in [0.15, 0.2) is 18.2 Å². The summed E-state index contributed by atoms with van der Waals surface area (Å²) in [6, 6.07) is 5.50. The second-order valence-electron chi connectivity index (χ2n) is 5.31. The number of benzene rings is 1. The second-order valence-corrected chi connectivity index (χ2v) is 6.80. The lowest BCUT2D eigenvalue weighted by molar-refractivity contribution is -0.121. The second kappa shape index (κ2) is 9.03. The predicted molar refractivity (Wildman–Crippen MR) is 93.4 cm³/mol. The molecule has 1 saturated heterocycles. The zero-order valence-corrected chi connectivity index (χ0v) is 14.7. The molecular weight excluding hydrogens is 336 g/mol. The molecule has 0 radical (unpaired) electrons. The maximum absolute atomic E-state index is 11.7. The van der Waals surface area contributed by atoms with Crippen LogP contribution in [0.3, 0.4) is 0 Å². The van der Waals surface area contributed by atoms with Crippen molar-refractivity contribution in [3.63, 3.8) is 0 Å². The first-order valence-corrected chi connectivity index (χ1v) is 9.00. The van der Waals surface area contributed by atoms with Crippen LogP contribution in [0.4, 0.5) is 4.79 Å². The average Bonchev–Trinajstić information content (AvgIpc) is 2.92. The number of nitrogens with one attached hydrogen (secondary N) is 1. The molecule has 126 valence electrons. The van der Waals surface area contributed by atoms with E-state index in [-0.39, 0.29) is 11.1 Å². The van der Waals surface area contributed by atoms with Crippen molar-refractivity contribution >= 4 is 34.5 Å². The fourth-order valence-electron chi connectivity index (χ4n) is 2.21. The molecule has 0 bridgehead atoms. The number of rotatable bonds is 8. The lowest BCUT2D eigenvalue weighted by atomic mass is 10.2. The van der Waals surface area contributed by atoms with Crippen molar-refractivity contribution in [1.82, 2.24) is 10.2 Å². The lowest BCUT2D eigenvalue weighted by Crippen LogP contribution is -2.31. The van der Waals surface area contributed by atoms with Gasteiger partial charge >= 0.3 is 0 Å². The van der Waals surface area contributed by atoms with Crippen LogP contribution in [0.5, 0.6) is 5.75 Å². The quantitative estimate of drug-likeness (QED) is 0.727. The van der Waals surface area contributed by atoms with Crippen LogP contribution >= 0.6 is 23.4 Å². The van der Waals surface area contributed by atoms with Crippen molar-refractivity contribution in [2.75, 3.05) is 32.0 Å². The summed E-state index contributed by atoms with van der Waals surface area (Å²) >= 11 is 7.20. The van der Waals surface area contributed by atoms with Gasteiger partial charge in [-0.25, -0.2) is 0 Å². The van der Waals surface area contributed by atoms with Crippen molar-refractivity contribution in [2.24, 2.45) is 0 Å². The molecule has 2 amide bonds. The van der Waals surface area contributed by atoms with Crippen LogP contribution in [0.2, 0.25) is 5.02 Å². The smallest absolute Gasteiger partial charge is 0.281 e. The van der Waals surface area contributed by atoms with Gasteiger partial charge in [-0.05, 0) is 37.1 Å². The molecule has 1 aromatic carbocycles. The van der Waals surface area contributed by atoms with Crippen LogP contribution in [-0.4, -0.2) is 48.0 Å². The van der Waals surface area contributed by atoms with Gasteiger partial charge in [0.15, 0.2) is 0 Å². The summed E-state index contributed by atoms with van der Waals surface area (Å²) in [6.07, 6.45) is 1.08. The normalized spacial score (nSPS) is 14.2. The number of nitrogens with zero attached hydrogens (tertiary/aromatic N) is 1. The summed E-state index contributed by atoms with van der Waals surface area (Å²) in [4.78, 5) is 24.8. The van der Waals surface area contributed by atoms with Crippen LogP contribution in [0, 0.1) is 6.92 Å². The summed E-state index contributed by atoms with van der Waals surface area (Å²) in [5.41, 5.74) is 0.995. The van der Waals surface area contributed by atoms with Gasteiger partial charge in [0, 0.05) is 36.8 Å². The molecule has 0 saturated carbocycles. The van der Waals surface area contributed by atoms with Gasteiger partial charge in [0.05, 0.1) is 6.61 Å². The maximum atomic E-state index is 11.7. The molecule has 7 heteroatoms. The third-order valence-corrected chi connectivity index (χ3v) is 4.62. The van der Waals surface area contributed by atoms with Gasteiger partial charge in [-0.15, -0.1) is 0 Å². The summed E-state index contributed by atoms with van der Waals surface area (Å²) in [5.74, 6) is 1.60. The van der Waals surface area contributed by atoms with E-state index in [9.17, 15) is 9.59 Å². The average molecular weight is 357 g/mol. The summed E-state index contributed by atoms with van der Waals surface area (Å²) < 4.78 is 5.66. The number of hydrogen-bond acceptors (Lipinski definition) is 4. The Morgan fingerprint density at radius 1 is 1.48 bits per heavy atom. The standard InChI is InChI=1S/C16H21ClN2O3S/c1-12-11-13(17)3-4-14(12)22-9-2-6-18-15(20)5-7-19-8-10-23-16(19)21/h3-4,11H,2,5-10H2,1H3,(H,18,20). The van der Waals surface area contributed by atoms with E-state index < -0.39 is 0 Å². The van der Waals surface area contributed by atoms with E-state index in [0.29, 0.717) is 31.1 Å². The summed E-state index contributed by atoms with van der Waals surface area (Å²) in [6.45, 7) is 4.28. The molecular formula is C16H21ClN2O3S. The van der Waals surface area contributed by atoms with Crippen LogP contribution in [-0.2, 0) is 4.79 Å². The van der Waals surface area contributed by atoms with E-state index in [1.807, 2.05) is 19.1 Å². The molecule has 23 heavy (non-hydrogen) atoms. The van der Waals surface area contributed by atoms with Crippen LogP contribution in [0.1, 0.15) is 18.4 Å². The molecule has 2 rings (SSSR count). The fourth-order valence-corrected chi connectivity index (χ4v) is 3.29. The number of ether oxygens (including phenoxy) is 1. The topological polar surface area (TPSA) is 58.6 Å². The molecule has 1 heterocycles. The maximum Gasteiger partial charge on any atom is 0.281 e. The molecule has 5 nitrogen and oxygen atoms in total. The number of carbonyl (C=O) groups is 2. The van der Waals surface area contributed by atoms with E-state index in [4.69, 9.17) is 16.3 Å². The van der Waals surface area contributed by atoms with Crippen molar-refractivity contribution in [1.29, 1.82) is 0 Å². The van der Waals surface area contributed by atoms with Gasteiger partial charge in [-0.1, -0.05) is 23.4 Å². The SMILES string of the molecule is Cc1cc(Cl)ccc1OCCCNC(=O)CCN1CCSC1=O. The van der Waals surface area contributed by atoms with Crippen molar-refractivity contribution in [3.8, 4) is 5.75 Å². The summed E-state index contributed by atoms with van der Waals surface area (Å²) in [7, 11) is 0. The lowest BCUT2D eigenvalue weighted by Gasteiger charge is -2.14. The van der Waals surface area contributed by atoms with E-state index in [2.05, 4.69) is 5.32 Å². The number of hydrogen-bond donors (Lipinski definition) is 1. The Kier molecular flexibility index (Phi) is 7.05. The van der Waals surface area contributed by atoms with E-state index in [0.717, 1.165) is 30.0 Å². The van der Waals surface area contributed by atoms with E-state index in [1.54, 1.807) is 11.0 Å². The first kappa shape index (κ1) is 17.9. The van der Waals surface area contributed by atoms with Gasteiger partial charge in [-0.2, -0.15) is 0 Å². The molecule has 1 N–H and O–H groups in total. The number of thioether (sulfide) groups is 1. The van der Waals surface area contributed by atoms with Gasteiger partial charge in [0.25, 0.3) is 5.24 Å². The van der Waals surface area contributed by atoms with Crippen LogP contribution < -0.4 is 10.1 Å². The van der Waals surface area contributed by atoms with Crippen LogP contribution in [0.25, 0.3) is 0 Å². The molecule has 0 unspecified atom stereocenters. The fraction of sp³-hybridized carbons (Fsp3) is 0.500. The van der Waals surface area contributed by atoms with Gasteiger partial charge < -0.3 is 15.0 Å². The largest absolute Gasteiger partial charge is 0.493 e.